The maximum Gasteiger partial charge on any atom is 0.322 e. The maximum absolute atomic E-state index is 10.9. The van der Waals surface area contributed by atoms with E-state index in [1.807, 2.05) is 48.5 Å². The number of nitrogens with one attached hydrogen (secondary N) is 3. The van der Waals surface area contributed by atoms with E-state index in [-0.39, 0.29) is 12.5 Å². The van der Waals surface area contributed by atoms with Gasteiger partial charge < -0.3 is 21.1 Å². The molecular formula is C21H24N6O2. The molecule has 1 heterocycles. The van der Waals surface area contributed by atoms with E-state index in [2.05, 4.69) is 44.7 Å². The van der Waals surface area contributed by atoms with Gasteiger partial charge in [0.1, 0.15) is 6.54 Å². The van der Waals surface area contributed by atoms with Crippen LogP contribution in [0.5, 0.6) is 0 Å². The zero-order chi connectivity index (χ0) is 20.6. The summed E-state index contributed by atoms with van der Waals surface area (Å²) in [5, 5.41) is 17.9. The van der Waals surface area contributed by atoms with Crippen molar-refractivity contribution in [2.45, 2.75) is 26.7 Å². The van der Waals surface area contributed by atoms with Crippen LogP contribution in [0.25, 0.3) is 0 Å². The molecule has 0 aliphatic carbocycles. The van der Waals surface area contributed by atoms with Gasteiger partial charge in [-0.2, -0.15) is 15.0 Å². The fraction of sp³-hybridized carbons (Fsp3) is 0.238. The standard InChI is InChI=1S/C21H24N6O2/c1-3-14-5-9-16(10-6-14)23-20-25-19(22-13-18(28)29)26-21(27-20)24-17-11-7-15(4-2)8-12-17/h5-12H,3-4,13H2,1-2H3,(H,28,29)(H3,22,23,24,25,26,27). The second-order valence-electron chi connectivity index (χ2n) is 6.40. The van der Waals surface area contributed by atoms with Crippen molar-refractivity contribution in [3.8, 4) is 0 Å². The van der Waals surface area contributed by atoms with E-state index in [0.29, 0.717) is 11.9 Å². The second kappa shape index (κ2) is 9.50. The van der Waals surface area contributed by atoms with Crippen molar-refractivity contribution >= 4 is 35.2 Å². The van der Waals surface area contributed by atoms with Crippen LogP contribution in [0, 0.1) is 0 Å². The number of carbonyl (C=O) groups is 1. The van der Waals surface area contributed by atoms with Crippen LogP contribution in [-0.4, -0.2) is 32.6 Å². The summed E-state index contributed by atoms with van der Waals surface area (Å²) in [7, 11) is 0. The Bertz CT molecular complexity index is 890. The summed E-state index contributed by atoms with van der Waals surface area (Å²) in [6.07, 6.45) is 1.92. The van der Waals surface area contributed by atoms with E-state index in [1.54, 1.807) is 0 Å². The molecule has 0 saturated carbocycles. The van der Waals surface area contributed by atoms with Crippen molar-refractivity contribution in [2.75, 3.05) is 22.5 Å². The lowest BCUT2D eigenvalue weighted by Crippen LogP contribution is -2.16. The van der Waals surface area contributed by atoms with E-state index < -0.39 is 5.97 Å². The van der Waals surface area contributed by atoms with Crippen LogP contribution in [0.3, 0.4) is 0 Å². The van der Waals surface area contributed by atoms with Gasteiger partial charge in [-0.1, -0.05) is 38.1 Å². The zero-order valence-corrected chi connectivity index (χ0v) is 16.4. The molecule has 0 radical (unpaired) electrons. The number of anilines is 5. The van der Waals surface area contributed by atoms with Crippen LogP contribution in [-0.2, 0) is 17.6 Å². The number of aliphatic carboxylic acids is 1. The van der Waals surface area contributed by atoms with E-state index in [9.17, 15) is 4.79 Å². The van der Waals surface area contributed by atoms with Crippen LogP contribution in [0.15, 0.2) is 48.5 Å². The fourth-order valence-electron chi connectivity index (χ4n) is 2.63. The van der Waals surface area contributed by atoms with Crippen LogP contribution in [0.4, 0.5) is 29.2 Å². The maximum atomic E-state index is 10.9. The molecule has 0 fully saturated rings. The van der Waals surface area contributed by atoms with Crippen molar-refractivity contribution in [1.82, 2.24) is 15.0 Å². The highest BCUT2D eigenvalue weighted by atomic mass is 16.4. The highest BCUT2D eigenvalue weighted by Crippen LogP contribution is 2.19. The number of aryl methyl sites for hydroxylation is 2. The monoisotopic (exact) mass is 392 g/mol. The molecule has 0 aliphatic heterocycles. The quantitative estimate of drug-likeness (QED) is 0.433. The number of hydrogen-bond donors (Lipinski definition) is 4. The first-order chi connectivity index (χ1) is 14.1. The summed E-state index contributed by atoms with van der Waals surface area (Å²) in [6, 6.07) is 15.9. The first-order valence-corrected chi connectivity index (χ1v) is 9.49. The Morgan fingerprint density at radius 2 is 1.17 bits per heavy atom. The van der Waals surface area contributed by atoms with Gasteiger partial charge in [0.2, 0.25) is 17.8 Å². The lowest BCUT2D eigenvalue weighted by molar-refractivity contribution is -0.134. The lowest BCUT2D eigenvalue weighted by atomic mass is 10.1. The Hall–Kier alpha value is -3.68. The molecule has 0 spiro atoms. The Balaban J connectivity index is 1.83. The van der Waals surface area contributed by atoms with Crippen molar-refractivity contribution in [1.29, 1.82) is 0 Å². The second-order valence-corrected chi connectivity index (χ2v) is 6.40. The average Bonchev–Trinajstić information content (AvgIpc) is 2.73. The van der Waals surface area contributed by atoms with Gasteiger partial charge in [0.25, 0.3) is 0 Å². The van der Waals surface area contributed by atoms with Gasteiger partial charge in [0.15, 0.2) is 0 Å². The highest BCUT2D eigenvalue weighted by molar-refractivity contribution is 5.72. The summed E-state index contributed by atoms with van der Waals surface area (Å²) in [4.78, 5) is 23.8. The molecule has 0 unspecified atom stereocenters. The number of carboxylic acid groups (broad SMARTS) is 1. The van der Waals surface area contributed by atoms with Crippen LogP contribution >= 0.6 is 0 Å². The molecule has 8 nitrogen and oxygen atoms in total. The molecule has 0 saturated heterocycles. The van der Waals surface area contributed by atoms with Crippen molar-refractivity contribution in [3.63, 3.8) is 0 Å². The number of nitrogens with zero attached hydrogens (tertiary/aromatic N) is 3. The van der Waals surface area contributed by atoms with Gasteiger partial charge in [-0.3, -0.25) is 4.79 Å². The molecule has 29 heavy (non-hydrogen) atoms. The van der Waals surface area contributed by atoms with Crippen LogP contribution < -0.4 is 16.0 Å². The van der Waals surface area contributed by atoms with Gasteiger partial charge >= 0.3 is 5.97 Å². The summed E-state index contributed by atoms with van der Waals surface area (Å²) < 4.78 is 0. The molecule has 0 atom stereocenters. The van der Waals surface area contributed by atoms with E-state index >= 15 is 0 Å². The number of rotatable bonds is 9. The predicted octanol–water partition coefficient (Wildman–Crippen LogP) is 3.98. The number of hydrogen-bond acceptors (Lipinski definition) is 7. The normalized spacial score (nSPS) is 10.4. The SMILES string of the molecule is CCc1ccc(Nc2nc(NCC(=O)O)nc(Nc3ccc(CC)cc3)n2)cc1. The molecule has 3 aromatic rings. The molecule has 8 heteroatoms. The van der Waals surface area contributed by atoms with E-state index in [1.165, 1.54) is 11.1 Å². The van der Waals surface area contributed by atoms with Gasteiger partial charge in [-0.25, -0.2) is 0 Å². The van der Waals surface area contributed by atoms with Crippen LogP contribution in [0.1, 0.15) is 25.0 Å². The number of aromatic nitrogens is 3. The zero-order valence-electron chi connectivity index (χ0n) is 16.4. The minimum atomic E-state index is -1.00. The largest absolute Gasteiger partial charge is 0.480 e. The van der Waals surface area contributed by atoms with Crippen molar-refractivity contribution in [2.24, 2.45) is 0 Å². The molecule has 0 aliphatic rings. The summed E-state index contributed by atoms with van der Waals surface area (Å²) in [5.74, 6) is -0.211. The van der Waals surface area contributed by atoms with Gasteiger partial charge in [0, 0.05) is 11.4 Å². The Morgan fingerprint density at radius 1 is 0.759 bits per heavy atom. The first-order valence-electron chi connectivity index (χ1n) is 9.49. The molecule has 3 rings (SSSR count). The third kappa shape index (κ3) is 5.90. The minimum Gasteiger partial charge on any atom is -0.480 e. The Labute approximate surface area is 169 Å². The van der Waals surface area contributed by atoms with Crippen LogP contribution in [0.2, 0.25) is 0 Å². The predicted molar refractivity (Wildman–Crippen MR) is 114 cm³/mol. The molecule has 150 valence electrons. The summed E-state index contributed by atoms with van der Waals surface area (Å²) in [6.45, 7) is 3.90. The molecule has 0 amide bonds. The van der Waals surface area contributed by atoms with Gasteiger partial charge in [-0.05, 0) is 48.2 Å². The summed E-state index contributed by atoms with van der Waals surface area (Å²) >= 11 is 0. The van der Waals surface area contributed by atoms with Crippen molar-refractivity contribution in [3.05, 3.63) is 59.7 Å². The average molecular weight is 392 g/mol. The lowest BCUT2D eigenvalue weighted by Gasteiger charge is -2.11. The fourth-order valence-corrected chi connectivity index (χ4v) is 2.63. The molecule has 2 aromatic carbocycles. The highest BCUT2D eigenvalue weighted by Gasteiger charge is 2.09. The molecular weight excluding hydrogens is 368 g/mol. The van der Waals surface area contributed by atoms with E-state index in [0.717, 1.165) is 24.2 Å². The van der Waals surface area contributed by atoms with Gasteiger partial charge in [0.05, 0.1) is 0 Å². The number of benzene rings is 2. The Kier molecular flexibility index (Phi) is 6.57. The topological polar surface area (TPSA) is 112 Å². The summed E-state index contributed by atoms with van der Waals surface area (Å²) in [5.41, 5.74) is 4.12. The Morgan fingerprint density at radius 3 is 1.55 bits per heavy atom. The third-order valence-electron chi connectivity index (χ3n) is 4.27. The first kappa shape index (κ1) is 20.1. The van der Waals surface area contributed by atoms with Crippen molar-refractivity contribution < 1.29 is 9.90 Å². The number of carboxylic acids is 1. The smallest absolute Gasteiger partial charge is 0.322 e. The molecule has 0 bridgehead atoms. The van der Waals surface area contributed by atoms with E-state index in [4.69, 9.17) is 5.11 Å². The molecule has 4 N–H and O–H groups in total. The molecule has 1 aromatic heterocycles. The van der Waals surface area contributed by atoms with Gasteiger partial charge in [-0.15, -0.1) is 0 Å². The third-order valence-corrected chi connectivity index (χ3v) is 4.27. The minimum absolute atomic E-state index is 0.169.